The van der Waals surface area contributed by atoms with Gasteiger partial charge in [-0.05, 0) is 71.8 Å². The second-order valence-corrected chi connectivity index (χ2v) is 10.6. The molecule has 0 aromatic carbocycles. The maximum Gasteiger partial charge on any atom is 0.393 e. The molecule has 0 atom stereocenters. The van der Waals surface area contributed by atoms with Crippen LogP contribution in [0.5, 0.6) is 0 Å². The summed E-state index contributed by atoms with van der Waals surface area (Å²) in [7, 11) is 2.06. The third-order valence-corrected chi connectivity index (χ3v) is 6.44. The maximum atomic E-state index is 13.5. The number of anilines is 2. The van der Waals surface area contributed by atoms with Crippen molar-refractivity contribution in [2.24, 2.45) is 0 Å². The number of rotatable bonds is 5. The zero-order valence-electron chi connectivity index (χ0n) is 22.0. The highest BCUT2D eigenvalue weighted by Gasteiger charge is 2.32. The van der Waals surface area contributed by atoms with Gasteiger partial charge in [0.2, 0.25) is 0 Å². The number of nitrogens with two attached hydrogens (primary N) is 1. The van der Waals surface area contributed by atoms with Crippen molar-refractivity contribution in [3.8, 4) is 11.8 Å². The van der Waals surface area contributed by atoms with E-state index in [1.165, 1.54) is 10.7 Å². The lowest BCUT2D eigenvalue weighted by Crippen LogP contribution is -2.37. The summed E-state index contributed by atoms with van der Waals surface area (Å²) in [6.07, 6.45) is -2.36. The molecule has 12 heteroatoms. The Morgan fingerprint density at radius 3 is 2.55 bits per heavy atom. The van der Waals surface area contributed by atoms with Crippen molar-refractivity contribution in [2.45, 2.75) is 57.8 Å². The molecule has 204 valence electrons. The predicted molar refractivity (Wildman–Crippen MR) is 140 cm³/mol. The number of hydrogen-bond acceptors (Lipinski definition) is 6. The number of likely N-dealkylation sites (tertiary alicyclic amines) is 1. The number of nitrogen functional groups attached to an aromatic ring is 1. The van der Waals surface area contributed by atoms with Crippen molar-refractivity contribution < 1.29 is 18.0 Å². The normalized spacial score (nSPS) is 15.3. The van der Waals surface area contributed by atoms with E-state index in [1.54, 1.807) is 22.9 Å². The van der Waals surface area contributed by atoms with Gasteiger partial charge in [0.15, 0.2) is 0 Å². The largest absolute Gasteiger partial charge is 0.393 e. The first kappa shape index (κ1) is 27.3. The topological polar surface area (TPSA) is 106 Å². The number of nitrogens with one attached hydrogen (secondary N) is 2. The van der Waals surface area contributed by atoms with Crippen LogP contribution in [0.1, 0.15) is 55.2 Å². The Morgan fingerprint density at radius 1 is 1.21 bits per heavy atom. The fourth-order valence-electron chi connectivity index (χ4n) is 4.48. The van der Waals surface area contributed by atoms with Crippen LogP contribution in [0.15, 0.2) is 24.4 Å². The summed E-state index contributed by atoms with van der Waals surface area (Å²) in [6, 6.07) is 5.33. The minimum atomic E-state index is -4.43. The van der Waals surface area contributed by atoms with E-state index in [0.29, 0.717) is 11.3 Å². The Bertz CT molecular complexity index is 1370. The SMILES string of the molecule is CN1CCC(Nc2cccc3c(CC(F)(F)F)c(C#CCNC(=O)c4cnn(C(C)(C)C)c4N)nn23)CC1. The van der Waals surface area contributed by atoms with E-state index in [-0.39, 0.29) is 35.2 Å². The lowest BCUT2D eigenvalue weighted by molar-refractivity contribution is -0.127. The van der Waals surface area contributed by atoms with Crippen molar-refractivity contribution >= 4 is 23.1 Å². The lowest BCUT2D eigenvalue weighted by atomic mass is 10.1. The van der Waals surface area contributed by atoms with Crippen LogP contribution in [0.25, 0.3) is 5.52 Å². The zero-order valence-corrected chi connectivity index (χ0v) is 22.0. The predicted octanol–water partition coefficient (Wildman–Crippen LogP) is 3.26. The summed E-state index contributed by atoms with van der Waals surface area (Å²) in [5.74, 6) is 5.83. The standard InChI is InChI=1S/C26H33F3N8O/c1-25(2,3)37-23(30)19(16-32-37)24(38)31-12-6-7-20-18(15-26(27,28)29)21-8-5-9-22(36(21)34-20)33-17-10-13-35(4)14-11-17/h5,8-9,16-17,33H,10-15,30H2,1-4H3,(H,31,38). The molecule has 1 aliphatic heterocycles. The molecule has 0 saturated carbocycles. The van der Waals surface area contributed by atoms with E-state index >= 15 is 0 Å². The van der Waals surface area contributed by atoms with Crippen molar-refractivity contribution in [1.29, 1.82) is 0 Å². The lowest BCUT2D eigenvalue weighted by Gasteiger charge is -2.30. The number of aromatic nitrogens is 4. The van der Waals surface area contributed by atoms with Crippen LogP contribution in [0.2, 0.25) is 0 Å². The van der Waals surface area contributed by atoms with Gasteiger partial charge in [0, 0.05) is 11.6 Å². The summed E-state index contributed by atoms with van der Waals surface area (Å²) < 4.78 is 43.4. The summed E-state index contributed by atoms with van der Waals surface area (Å²) in [5.41, 5.74) is 6.24. The van der Waals surface area contributed by atoms with Gasteiger partial charge in [0.25, 0.3) is 5.91 Å². The van der Waals surface area contributed by atoms with Gasteiger partial charge in [-0.15, -0.1) is 0 Å². The van der Waals surface area contributed by atoms with E-state index in [4.69, 9.17) is 5.73 Å². The van der Waals surface area contributed by atoms with Crippen molar-refractivity contribution in [2.75, 3.05) is 37.7 Å². The molecule has 1 saturated heterocycles. The van der Waals surface area contributed by atoms with Gasteiger partial charge in [-0.3, -0.25) is 4.79 Å². The number of alkyl halides is 3. The number of piperidine rings is 1. The van der Waals surface area contributed by atoms with Crippen molar-refractivity contribution in [3.63, 3.8) is 0 Å². The van der Waals surface area contributed by atoms with Gasteiger partial charge in [-0.1, -0.05) is 12.0 Å². The molecule has 0 unspecified atom stereocenters. The zero-order chi connectivity index (χ0) is 27.7. The number of amides is 1. The molecule has 0 bridgehead atoms. The van der Waals surface area contributed by atoms with Gasteiger partial charge in [-0.2, -0.15) is 23.4 Å². The van der Waals surface area contributed by atoms with Gasteiger partial charge < -0.3 is 21.3 Å². The molecule has 4 rings (SSSR count). The molecule has 3 aromatic rings. The van der Waals surface area contributed by atoms with Crippen LogP contribution in [0, 0.1) is 11.8 Å². The third kappa shape index (κ3) is 6.22. The second kappa shape index (κ2) is 10.6. The molecule has 1 amide bonds. The molecule has 38 heavy (non-hydrogen) atoms. The first-order chi connectivity index (χ1) is 17.8. The molecular formula is C26H33F3N8O. The van der Waals surface area contributed by atoms with Crippen LogP contribution in [-0.2, 0) is 12.0 Å². The summed E-state index contributed by atoms with van der Waals surface area (Å²) in [4.78, 5) is 14.8. The van der Waals surface area contributed by atoms with Gasteiger partial charge in [0.05, 0.1) is 30.2 Å². The molecule has 4 heterocycles. The number of hydrogen-bond donors (Lipinski definition) is 3. The first-order valence-electron chi connectivity index (χ1n) is 12.5. The van der Waals surface area contributed by atoms with Gasteiger partial charge >= 0.3 is 6.18 Å². The summed E-state index contributed by atoms with van der Waals surface area (Å²) in [5, 5.41) is 14.7. The van der Waals surface area contributed by atoms with Crippen LogP contribution in [0.3, 0.4) is 0 Å². The number of halogens is 3. The van der Waals surface area contributed by atoms with Crippen LogP contribution >= 0.6 is 0 Å². The monoisotopic (exact) mass is 530 g/mol. The second-order valence-electron chi connectivity index (χ2n) is 10.6. The highest BCUT2D eigenvalue weighted by atomic mass is 19.4. The Labute approximate surface area is 219 Å². The smallest absolute Gasteiger partial charge is 0.383 e. The van der Waals surface area contributed by atoms with Crippen LogP contribution < -0.4 is 16.4 Å². The van der Waals surface area contributed by atoms with Crippen LogP contribution in [0.4, 0.5) is 24.8 Å². The highest BCUT2D eigenvalue weighted by molar-refractivity contribution is 5.98. The Hall–Kier alpha value is -3.72. The van der Waals surface area contributed by atoms with Crippen molar-refractivity contribution in [3.05, 3.63) is 41.2 Å². The quantitative estimate of drug-likeness (QED) is 0.438. The highest BCUT2D eigenvalue weighted by Crippen LogP contribution is 2.28. The van der Waals surface area contributed by atoms with Gasteiger partial charge in [0.1, 0.15) is 22.9 Å². The number of fused-ring (bicyclic) bond motifs is 1. The average molecular weight is 531 g/mol. The molecule has 3 aromatic heterocycles. The molecule has 1 fully saturated rings. The maximum absolute atomic E-state index is 13.5. The fraction of sp³-hybridized carbons (Fsp3) is 0.500. The molecule has 0 spiro atoms. The Morgan fingerprint density at radius 2 is 1.92 bits per heavy atom. The van der Waals surface area contributed by atoms with Crippen LogP contribution in [-0.4, -0.2) is 69.1 Å². The minimum Gasteiger partial charge on any atom is -0.383 e. The summed E-state index contributed by atoms with van der Waals surface area (Å²) in [6.45, 7) is 7.51. The molecule has 4 N–H and O–H groups in total. The van der Waals surface area contributed by atoms with Crippen molar-refractivity contribution in [1.82, 2.24) is 29.6 Å². The molecule has 9 nitrogen and oxygen atoms in total. The fourth-order valence-corrected chi connectivity index (χ4v) is 4.48. The van der Waals surface area contributed by atoms with E-state index in [0.717, 1.165) is 25.9 Å². The summed E-state index contributed by atoms with van der Waals surface area (Å²) >= 11 is 0. The van der Waals surface area contributed by atoms with E-state index in [2.05, 4.69) is 44.6 Å². The first-order valence-corrected chi connectivity index (χ1v) is 12.5. The third-order valence-electron chi connectivity index (χ3n) is 6.44. The molecule has 0 aliphatic carbocycles. The number of nitrogens with zero attached hydrogens (tertiary/aromatic N) is 5. The number of carbonyl (C=O) groups excluding carboxylic acids is 1. The number of pyridine rings is 1. The van der Waals surface area contributed by atoms with E-state index in [1.807, 2.05) is 20.8 Å². The molecule has 1 aliphatic rings. The average Bonchev–Trinajstić information content (AvgIpc) is 3.38. The Kier molecular flexibility index (Phi) is 7.60. The minimum absolute atomic E-state index is 0.000878. The molecule has 0 radical (unpaired) electrons. The van der Waals surface area contributed by atoms with E-state index < -0.39 is 24.0 Å². The Balaban J connectivity index is 1.55. The van der Waals surface area contributed by atoms with E-state index in [9.17, 15) is 18.0 Å². The number of carbonyl (C=O) groups is 1. The molecular weight excluding hydrogens is 497 g/mol. The van der Waals surface area contributed by atoms with Gasteiger partial charge in [-0.25, -0.2) is 9.20 Å².